The molecule has 2 aliphatic rings. The summed E-state index contributed by atoms with van der Waals surface area (Å²) in [6.07, 6.45) is -7.30. The lowest BCUT2D eigenvalue weighted by atomic mass is 9.83. The molecule has 4 rings (SSSR count). The van der Waals surface area contributed by atoms with Crippen LogP contribution in [0.2, 0.25) is 0 Å². The van der Waals surface area contributed by atoms with Crippen LogP contribution >= 0.6 is 0 Å². The second-order valence-electron chi connectivity index (χ2n) is 9.81. The molecule has 39 heavy (non-hydrogen) atoms. The third-order valence-electron chi connectivity index (χ3n) is 6.95. The third kappa shape index (κ3) is 6.23. The highest BCUT2D eigenvalue weighted by Gasteiger charge is 2.40. The molecule has 0 saturated carbocycles. The van der Waals surface area contributed by atoms with E-state index < -0.39 is 54.7 Å². The van der Waals surface area contributed by atoms with E-state index >= 15 is 0 Å². The lowest BCUT2D eigenvalue weighted by Crippen LogP contribution is -2.52. The Bertz CT molecular complexity index is 1290. The van der Waals surface area contributed by atoms with Gasteiger partial charge in [-0.05, 0) is 31.9 Å². The molecule has 0 radical (unpaired) electrons. The lowest BCUT2D eigenvalue weighted by Gasteiger charge is -2.31. The van der Waals surface area contributed by atoms with Gasteiger partial charge in [0.05, 0.1) is 17.9 Å². The summed E-state index contributed by atoms with van der Waals surface area (Å²) in [6, 6.07) is 12.8. The summed E-state index contributed by atoms with van der Waals surface area (Å²) in [5.41, 5.74) is 8.71. The average Bonchev–Trinajstić information content (AvgIpc) is 2.99. The van der Waals surface area contributed by atoms with Crippen molar-refractivity contribution in [3.8, 4) is 5.75 Å². The van der Waals surface area contributed by atoms with Crippen LogP contribution in [0.4, 0.5) is 18.9 Å². The number of carbonyl (C=O) groups excluding carboxylic acids is 3. The van der Waals surface area contributed by atoms with Crippen molar-refractivity contribution < 1.29 is 32.3 Å². The number of alkyl halides is 3. The minimum absolute atomic E-state index is 0.139. The number of halogens is 3. The molecule has 0 spiro atoms. The minimum Gasteiger partial charge on any atom is -0.490 e. The van der Waals surface area contributed by atoms with Gasteiger partial charge in [-0.15, -0.1) is 0 Å². The van der Waals surface area contributed by atoms with Crippen molar-refractivity contribution in [2.75, 3.05) is 18.1 Å². The maximum Gasteiger partial charge on any atom is 0.389 e. The van der Waals surface area contributed by atoms with Gasteiger partial charge < -0.3 is 20.7 Å². The molecule has 3 atom stereocenters. The Labute approximate surface area is 224 Å². The monoisotopic (exact) mass is 544 g/mol. The molecule has 2 aromatic rings. The smallest absolute Gasteiger partial charge is 0.389 e. The van der Waals surface area contributed by atoms with E-state index in [4.69, 9.17) is 10.5 Å². The van der Waals surface area contributed by atoms with E-state index in [0.29, 0.717) is 34.7 Å². The van der Waals surface area contributed by atoms with Crippen LogP contribution in [0.15, 0.2) is 47.5 Å². The summed E-state index contributed by atoms with van der Waals surface area (Å²) in [7, 11) is 0. The standard InChI is InChI=1S/C28H31F3N4O4/c1-3-6-18(24(32)36)19(11-12-28(29,30)31)26(37)34-25-27(38)35-13-14-39-21-10-5-9-20(23(21)35)22(33-25)17-8-4-7-16(2)15-17/h4-5,7-10,15,18-19,25H,3,6,11-14H2,1-2H3,(H2,32,36)(H,34,37)/t18?,19?,25-/m1/s1. The number of amides is 3. The Balaban J connectivity index is 1.76. The van der Waals surface area contributed by atoms with Crippen molar-refractivity contribution >= 4 is 29.1 Å². The molecule has 208 valence electrons. The maximum absolute atomic E-state index is 13.8. The van der Waals surface area contributed by atoms with Crippen molar-refractivity contribution in [3.63, 3.8) is 0 Å². The summed E-state index contributed by atoms with van der Waals surface area (Å²) in [5, 5.41) is 2.56. The Morgan fingerprint density at radius 2 is 1.92 bits per heavy atom. The first-order chi connectivity index (χ1) is 18.5. The van der Waals surface area contributed by atoms with Gasteiger partial charge in [0.2, 0.25) is 18.0 Å². The quantitative estimate of drug-likeness (QED) is 0.499. The molecule has 0 aromatic heterocycles. The number of aryl methyl sites for hydroxylation is 1. The van der Waals surface area contributed by atoms with Crippen LogP contribution in [-0.4, -0.2) is 48.9 Å². The van der Waals surface area contributed by atoms with Gasteiger partial charge >= 0.3 is 6.18 Å². The lowest BCUT2D eigenvalue weighted by molar-refractivity contribution is -0.146. The zero-order valence-corrected chi connectivity index (χ0v) is 21.8. The van der Waals surface area contributed by atoms with Crippen molar-refractivity contribution in [2.24, 2.45) is 22.6 Å². The van der Waals surface area contributed by atoms with Crippen LogP contribution in [0.5, 0.6) is 5.75 Å². The largest absolute Gasteiger partial charge is 0.490 e. The van der Waals surface area contributed by atoms with Crippen LogP contribution in [-0.2, 0) is 14.4 Å². The number of anilines is 1. The van der Waals surface area contributed by atoms with Crippen LogP contribution in [0.25, 0.3) is 0 Å². The molecule has 0 saturated heterocycles. The van der Waals surface area contributed by atoms with Gasteiger partial charge in [-0.3, -0.25) is 14.4 Å². The first-order valence-electron chi connectivity index (χ1n) is 12.9. The van der Waals surface area contributed by atoms with Gasteiger partial charge in [0.1, 0.15) is 12.4 Å². The van der Waals surface area contributed by atoms with Crippen LogP contribution in [0, 0.1) is 18.8 Å². The average molecular weight is 545 g/mol. The predicted molar refractivity (Wildman–Crippen MR) is 139 cm³/mol. The van der Waals surface area contributed by atoms with Gasteiger partial charge in [-0.1, -0.05) is 49.2 Å². The van der Waals surface area contributed by atoms with E-state index in [1.807, 2.05) is 31.2 Å². The third-order valence-corrected chi connectivity index (χ3v) is 6.95. The molecule has 0 bridgehead atoms. The number of hydrogen-bond donors (Lipinski definition) is 2. The topological polar surface area (TPSA) is 114 Å². The highest BCUT2D eigenvalue weighted by atomic mass is 19.4. The normalized spacial score (nSPS) is 18.3. The number of nitrogens with zero attached hydrogens (tertiary/aromatic N) is 2. The molecule has 3 amide bonds. The first-order valence-corrected chi connectivity index (χ1v) is 12.9. The fourth-order valence-electron chi connectivity index (χ4n) is 5.13. The van der Waals surface area contributed by atoms with Crippen molar-refractivity contribution in [3.05, 3.63) is 59.2 Å². The van der Waals surface area contributed by atoms with Gasteiger partial charge in [0.15, 0.2) is 0 Å². The van der Waals surface area contributed by atoms with Crippen LogP contribution in [0.3, 0.4) is 0 Å². The second-order valence-corrected chi connectivity index (χ2v) is 9.81. The Kier molecular flexibility index (Phi) is 8.27. The Morgan fingerprint density at radius 1 is 1.18 bits per heavy atom. The number of nitrogens with two attached hydrogens (primary N) is 1. The van der Waals surface area contributed by atoms with Gasteiger partial charge in [0, 0.05) is 29.4 Å². The van der Waals surface area contributed by atoms with Gasteiger partial charge in [0.25, 0.3) is 5.91 Å². The molecular weight excluding hydrogens is 513 g/mol. The van der Waals surface area contributed by atoms with Crippen LogP contribution < -0.4 is 20.7 Å². The number of rotatable bonds is 9. The van der Waals surface area contributed by atoms with E-state index in [0.717, 1.165) is 5.56 Å². The zero-order valence-electron chi connectivity index (χ0n) is 21.8. The summed E-state index contributed by atoms with van der Waals surface area (Å²) >= 11 is 0. The van der Waals surface area contributed by atoms with Gasteiger partial charge in [-0.2, -0.15) is 13.2 Å². The van der Waals surface area contributed by atoms with Crippen molar-refractivity contribution in [1.82, 2.24) is 5.32 Å². The van der Waals surface area contributed by atoms with E-state index in [1.165, 1.54) is 4.90 Å². The summed E-state index contributed by atoms with van der Waals surface area (Å²) in [4.78, 5) is 45.6. The number of benzene rings is 2. The maximum atomic E-state index is 13.8. The fourth-order valence-corrected chi connectivity index (χ4v) is 5.13. The summed E-state index contributed by atoms with van der Waals surface area (Å²) in [6.45, 7) is 4.07. The second kappa shape index (κ2) is 11.5. The highest BCUT2D eigenvalue weighted by molar-refractivity contribution is 6.21. The number of carbonyl (C=O) groups is 3. The number of ether oxygens (including phenoxy) is 1. The highest BCUT2D eigenvalue weighted by Crippen LogP contribution is 2.39. The molecule has 2 heterocycles. The molecule has 8 nitrogen and oxygen atoms in total. The SMILES string of the molecule is CCCC(C(N)=O)C(CCC(F)(F)F)C(=O)N[C@H]1N=C(c2cccc(C)c2)c2cccc3c2N(CCO3)C1=O. The van der Waals surface area contributed by atoms with Crippen molar-refractivity contribution in [1.29, 1.82) is 0 Å². The molecule has 2 aromatic carbocycles. The molecule has 2 aliphatic heterocycles. The predicted octanol–water partition coefficient (Wildman–Crippen LogP) is 3.87. The van der Waals surface area contributed by atoms with Crippen LogP contribution in [0.1, 0.15) is 49.3 Å². The van der Waals surface area contributed by atoms with E-state index in [1.54, 1.807) is 25.1 Å². The van der Waals surface area contributed by atoms with Crippen molar-refractivity contribution in [2.45, 2.75) is 51.9 Å². The molecule has 11 heteroatoms. The van der Waals surface area contributed by atoms with Gasteiger partial charge in [-0.25, -0.2) is 4.99 Å². The molecule has 0 fully saturated rings. The van der Waals surface area contributed by atoms with E-state index in [9.17, 15) is 27.6 Å². The van der Waals surface area contributed by atoms with E-state index in [2.05, 4.69) is 10.3 Å². The first kappa shape index (κ1) is 28.1. The molecule has 0 aliphatic carbocycles. The molecule has 3 N–H and O–H groups in total. The fraction of sp³-hybridized carbons (Fsp3) is 0.429. The number of hydrogen-bond acceptors (Lipinski definition) is 5. The molecular formula is C28H31F3N4O4. The summed E-state index contributed by atoms with van der Waals surface area (Å²) < 4.78 is 45.2. The van der Waals surface area contributed by atoms with E-state index in [-0.39, 0.29) is 19.6 Å². The Morgan fingerprint density at radius 3 is 2.59 bits per heavy atom. The molecule has 2 unspecified atom stereocenters. The number of para-hydroxylation sites is 1. The number of aliphatic imine (C=N–C) groups is 1. The number of nitrogens with one attached hydrogen (secondary N) is 1. The minimum atomic E-state index is -4.53. The summed E-state index contributed by atoms with van der Waals surface area (Å²) in [5.74, 6) is -4.30. The zero-order chi connectivity index (χ0) is 28.3. The Hall–Kier alpha value is -3.89. The number of primary amides is 1.